The first kappa shape index (κ1) is 18.5. The summed E-state index contributed by atoms with van der Waals surface area (Å²) >= 11 is 1.60. The zero-order valence-corrected chi connectivity index (χ0v) is 16.2. The molecule has 2 amide bonds. The first-order valence-electron chi connectivity index (χ1n) is 8.91. The van der Waals surface area contributed by atoms with Gasteiger partial charge in [0, 0.05) is 23.4 Å². The Bertz CT molecular complexity index is 835. The SMILES string of the molecule is CCCC(=O)Nc1ccccc1C1SCC(=O)N1c1ccc(C)cc1C. The van der Waals surface area contributed by atoms with Crippen molar-refractivity contribution < 1.29 is 9.59 Å². The molecule has 136 valence electrons. The molecule has 0 aromatic heterocycles. The molecule has 1 aliphatic heterocycles. The number of rotatable bonds is 5. The van der Waals surface area contributed by atoms with Gasteiger partial charge in [0.25, 0.3) is 0 Å². The lowest BCUT2D eigenvalue weighted by Gasteiger charge is -2.27. The van der Waals surface area contributed by atoms with Gasteiger partial charge in [-0.05, 0) is 38.0 Å². The Kier molecular flexibility index (Phi) is 5.67. The number of nitrogens with zero attached hydrogens (tertiary/aromatic N) is 1. The fourth-order valence-electron chi connectivity index (χ4n) is 3.26. The molecular formula is C21H24N2O2S. The Labute approximate surface area is 159 Å². The Balaban J connectivity index is 1.97. The van der Waals surface area contributed by atoms with Gasteiger partial charge < -0.3 is 5.32 Å². The molecule has 1 atom stereocenters. The molecule has 1 unspecified atom stereocenters. The van der Waals surface area contributed by atoms with Crippen LogP contribution in [0.5, 0.6) is 0 Å². The van der Waals surface area contributed by atoms with E-state index in [0.717, 1.165) is 28.9 Å². The van der Waals surface area contributed by atoms with Gasteiger partial charge in [0.2, 0.25) is 11.8 Å². The van der Waals surface area contributed by atoms with Crippen LogP contribution < -0.4 is 10.2 Å². The number of amides is 2. The molecule has 3 rings (SSSR count). The summed E-state index contributed by atoms with van der Waals surface area (Å²) in [6.45, 7) is 6.07. The van der Waals surface area contributed by atoms with E-state index in [1.165, 1.54) is 5.56 Å². The molecule has 0 aliphatic carbocycles. The van der Waals surface area contributed by atoms with Crippen LogP contribution in [-0.2, 0) is 9.59 Å². The maximum atomic E-state index is 12.6. The van der Waals surface area contributed by atoms with Crippen molar-refractivity contribution in [1.82, 2.24) is 0 Å². The molecule has 0 radical (unpaired) electrons. The molecule has 5 heteroatoms. The fraction of sp³-hybridized carbons (Fsp3) is 0.333. The largest absolute Gasteiger partial charge is 0.326 e. The summed E-state index contributed by atoms with van der Waals surface area (Å²) in [7, 11) is 0. The van der Waals surface area contributed by atoms with Crippen molar-refractivity contribution in [2.75, 3.05) is 16.0 Å². The summed E-state index contributed by atoms with van der Waals surface area (Å²) in [4.78, 5) is 26.6. The first-order chi connectivity index (χ1) is 12.5. The number of carbonyl (C=O) groups is 2. The van der Waals surface area contributed by atoms with Gasteiger partial charge in [-0.1, -0.05) is 42.8 Å². The number of benzene rings is 2. The van der Waals surface area contributed by atoms with Crippen molar-refractivity contribution in [3.63, 3.8) is 0 Å². The van der Waals surface area contributed by atoms with Crippen molar-refractivity contribution in [2.24, 2.45) is 0 Å². The number of hydrogen-bond acceptors (Lipinski definition) is 3. The standard InChI is InChI=1S/C21H24N2O2S/c1-4-7-19(24)22-17-9-6-5-8-16(17)21-23(20(25)13-26-21)18-11-10-14(2)12-15(18)3/h5-6,8-12,21H,4,7,13H2,1-3H3,(H,22,24). The van der Waals surface area contributed by atoms with Gasteiger partial charge in [-0.25, -0.2) is 0 Å². The van der Waals surface area contributed by atoms with E-state index in [4.69, 9.17) is 0 Å². The number of carbonyl (C=O) groups excluding carboxylic acids is 2. The molecule has 0 saturated carbocycles. The molecule has 1 heterocycles. The van der Waals surface area contributed by atoms with Gasteiger partial charge in [-0.15, -0.1) is 11.8 Å². The van der Waals surface area contributed by atoms with Crippen LogP contribution >= 0.6 is 11.8 Å². The first-order valence-corrected chi connectivity index (χ1v) is 9.96. The molecule has 0 bridgehead atoms. The third-order valence-corrected chi connectivity index (χ3v) is 5.65. The lowest BCUT2D eigenvalue weighted by atomic mass is 10.1. The number of thioether (sulfide) groups is 1. The van der Waals surface area contributed by atoms with Crippen LogP contribution in [0.25, 0.3) is 0 Å². The van der Waals surface area contributed by atoms with Crippen LogP contribution in [0.1, 0.15) is 41.8 Å². The van der Waals surface area contributed by atoms with Crippen LogP contribution in [0.2, 0.25) is 0 Å². The van der Waals surface area contributed by atoms with E-state index in [-0.39, 0.29) is 17.2 Å². The number of nitrogens with one attached hydrogen (secondary N) is 1. The topological polar surface area (TPSA) is 49.4 Å². The normalized spacial score (nSPS) is 16.8. The highest BCUT2D eigenvalue weighted by atomic mass is 32.2. The third kappa shape index (κ3) is 3.78. The smallest absolute Gasteiger partial charge is 0.238 e. The van der Waals surface area contributed by atoms with Gasteiger partial charge in [0.05, 0.1) is 5.75 Å². The third-order valence-electron chi connectivity index (χ3n) is 4.46. The Hall–Kier alpha value is -2.27. The highest BCUT2D eigenvalue weighted by molar-refractivity contribution is 8.00. The molecule has 0 spiro atoms. The molecule has 26 heavy (non-hydrogen) atoms. The summed E-state index contributed by atoms with van der Waals surface area (Å²) < 4.78 is 0. The number of anilines is 2. The van der Waals surface area contributed by atoms with Crippen LogP contribution in [0, 0.1) is 13.8 Å². The Morgan fingerprint density at radius 1 is 1.23 bits per heavy atom. The molecule has 1 fully saturated rings. The molecule has 4 nitrogen and oxygen atoms in total. The van der Waals surface area contributed by atoms with E-state index in [9.17, 15) is 9.59 Å². The number of aryl methyl sites for hydroxylation is 2. The van der Waals surface area contributed by atoms with Crippen molar-refractivity contribution in [2.45, 2.75) is 39.0 Å². The monoisotopic (exact) mass is 368 g/mol. The zero-order valence-electron chi connectivity index (χ0n) is 15.4. The molecule has 1 N–H and O–H groups in total. The number of para-hydroxylation sites is 1. The van der Waals surface area contributed by atoms with E-state index < -0.39 is 0 Å². The van der Waals surface area contributed by atoms with Gasteiger partial charge in [-0.3, -0.25) is 14.5 Å². The second-order valence-corrected chi connectivity index (χ2v) is 7.67. The van der Waals surface area contributed by atoms with E-state index in [1.54, 1.807) is 11.8 Å². The van der Waals surface area contributed by atoms with Crippen LogP contribution in [-0.4, -0.2) is 17.6 Å². The lowest BCUT2D eigenvalue weighted by Crippen LogP contribution is -2.29. The summed E-state index contributed by atoms with van der Waals surface area (Å²) in [6, 6.07) is 13.9. The maximum absolute atomic E-state index is 12.6. The summed E-state index contributed by atoms with van der Waals surface area (Å²) in [5.41, 5.74) is 4.94. The average Bonchev–Trinajstić information content (AvgIpc) is 2.97. The summed E-state index contributed by atoms with van der Waals surface area (Å²) in [5, 5.41) is 2.87. The minimum atomic E-state index is -0.137. The van der Waals surface area contributed by atoms with Crippen LogP contribution in [0.3, 0.4) is 0 Å². The predicted molar refractivity (Wildman–Crippen MR) is 109 cm³/mol. The predicted octanol–water partition coefficient (Wildman–Crippen LogP) is 4.82. The fourth-order valence-corrected chi connectivity index (χ4v) is 4.46. The van der Waals surface area contributed by atoms with Crippen molar-refractivity contribution in [3.05, 3.63) is 59.2 Å². The lowest BCUT2D eigenvalue weighted by molar-refractivity contribution is -0.116. The molecule has 2 aromatic carbocycles. The molecular weight excluding hydrogens is 344 g/mol. The van der Waals surface area contributed by atoms with E-state index in [2.05, 4.69) is 11.4 Å². The Morgan fingerprint density at radius 2 is 2.00 bits per heavy atom. The molecule has 1 aliphatic rings. The van der Waals surface area contributed by atoms with E-state index in [0.29, 0.717) is 12.2 Å². The second-order valence-electron chi connectivity index (χ2n) is 6.60. The number of hydrogen-bond donors (Lipinski definition) is 1. The van der Waals surface area contributed by atoms with Gasteiger partial charge in [0.15, 0.2) is 0 Å². The van der Waals surface area contributed by atoms with E-state index >= 15 is 0 Å². The average molecular weight is 369 g/mol. The van der Waals surface area contributed by atoms with Crippen molar-refractivity contribution in [1.29, 1.82) is 0 Å². The minimum absolute atomic E-state index is 0.00680. The van der Waals surface area contributed by atoms with Gasteiger partial charge in [-0.2, -0.15) is 0 Å². The van der Waals surface area contributed by atoms with E-state index in [1.807, 2.05) is 62.1 Å². The van der Waals surface area contributed by atoms with Gasteiger partial charge >= 0.3 is 0 Å². The van der Waals surface area contributed by atoms with Crippen molar-refractivity contribution in [3.8, 4) is 0 Å². The summed E-state index contributed by atoms with van der Waals surface area (Å²) in [6.07, 6.45) is 1.30. The van der Waals surface area contributed by atoms with Crippen LogP contribution in [0.15, 0.2) is 42.5 Å². The quantitative estimate of drug-likeness (QED) is 0.823. The van der Waals surface area contributed by atoms with Gasteiger partial charge in [0.1, 0.15) is 5.37 Å². The Morgan fingerprint density at radius 3 is 2.73 bits per heavy atom. The summed E-state index contributed by atoms with van der Waals surface area (Å²) in [5.74, 6) is 0.545. The molecule has 2 aromatic rings. The zero-order chi connectivity index (χ0) is 18.7. The van der Waals surface area contributed by atoms with Crippen LogP contribution in [0.4, 0.5) is 11.4 Å². The molecule has 1 saturated heterocycles. The highest BCUT2D eigenvalue weighted by Gasteiger charge is 2.36. The second kappa shape index (κ2) is 7.96. The minimum Gasteiger partial charge on any atom is -0.326 e. The highest BCUT2D eigenvalue weighted by Crippen LogP contribution is 2.45. The maximum Gasteiger partial charge on any atom is 0.238 e. The van der Waals surface area contributed by atoms with Crippen molar-refractivity contribution >= 4 is 35.0 Å².